The molecule has 0 amide bonds. The Bertz CT molecular complexity index is 1130. The lowest BCUT2D eigenvalue weighted by Crippen LogP contribution is -2.04. The molecule has 6 nitrogen and oxygen atoms in total. The number of halogens is 1. The normalized spacial score (nSPS) is 13.4. The van der Waals surface area contributed by atoms with Crippen molar-refractivity contribution < 1.29 is 13.9 Å². The number of anilines is 1. The van der Waals surface area contributed by atoms with Crippen molar-refractivity contribution in [1.82, 2.24) is 9.97 Å². The van der Waals surface area contributed by atoms with E-state index in [1.54, 1.807) is 36.8 Å². The molecule has 2 N–H and O–H groups in total. The van der Waals surface area contributed by atoms with Crippen LogP contribution in [0.15, 0.2) is 60.0 Å². The molecule has 0 saturated carbocycles. The molecule has 7 heteroatoms. The fourth-order valence-corrected chi connectivity index (χ4v) is 3.31. The molecule has 2 aromatic heterocycles. The van der Waals surface area contributed by atoms with Gasteiger partial charge in [0.05, 0.1) is 25.6 Å². The Morgan fingerprint density at radius 1 is 1.00 bits per heavy atom. The quantitative estimate of drug-likeness (QED) is 0.713. The molecular weight excluding hydrogens is 371 g/mol. The molecule has 146 valence electrons. The van der Waals surface area contributed by atoms with Crippen molar-refractivity contribution >= 4 is 22.8 Å². The molecule has 0 spiro atoms. The summed E-state index contributed by atoms with van der Waals surface area (Å²) in [5.74, 6) is 0.530. The number of allylic oxidation sites excluding steroid dienone is 1. The first kappa shape index (κ1) is 18.6. The molecule has 1 aromatic carbocycles. The Morgan fingerprint density at radius 3 is 2.48 bits per heavy atom. The number of rotatable bonds is 5. The molecule has 3 heterocycles. The van der Waals surface area contributed by atoms with Crippen LogP contribution in [0.2, 0.25) is 0 Å². The van der Waals surface area contributed by atoms with Gasteiger partial charge in [0.2, 0.25) is 0 Å². The first-order valence-corrected chi connectivity index (χ1v) is 8.96. The minimum atomic E-state index is -0.433. The third-order valence-corrected chi connectivity index (χ3v) is 4.77. The lowest BCUT2D eigenvalue weighted by atomic mass is 9.97. The monoisotopic (exact) mass is 390 g/mol. The molecule has 0 aliphatic carbocycles. The lowest BCUT2D eigenvalue weighted by Gasteiger charge is -2.10. The van der Waals surface area contributed by atoms with E-state index in [4.69, 9.17) is 20.2 Å². The van der Waals surface area contributed by atoms with Crippen molar-refractivity contribution in [3.05, 3.63) is 77.5 Å². The third kappa shape index (κ3) is 3.42. The smallest absolute Gasteiger partial charge is 0.174 e. The summed E-state index contributed by atoms with van der Waals surface area (Å²) in [6.07, 6.45) is 5.49. The van der Waals surface area contributed by atoms with Gasteiger partial charge in [-0.05, 0) is 35.9 Å². The molecule has 0 radical (unpaired) electrons. The van der Waals surface area contributed by atoms with E-state index in [2.05, 4.69) is 9.97 Å². The van der Waals surface area contributed by atoms with E-state index in [-0.39, 0.29) is 5.75 Å². The number of aliphatic imine (C=N–C) groups is 1. The zero-order chi connectivity index (χ0) is 20.4. The first-order valence-electron chi connectivity index (χ1n) is 8.96. The van der Waals surface area contributed by atoms with E-state index in [0.717, 1.165) is 22.4 Å². The van der Waals surface area contributed by atoms with E-state index < -0.39 is 5.82 Å². The maximum absolute atomic E-state index is 14.9. The summed E-state index contributed by atoms with van der Waals surface area (Å²) >= 11 is 0. The van der Waals surface area contributed by atoms with Gasteiger partial charge >= 0.3 is 0 Å². The van der Waals surface area contributed by atoms with Crippen LogP contribution in [0.3, 0.4) is 0 Å². The zero-order valence-corrected chi connectivity index (χ0v) is 16.0. The molecule has 0 fully saturated rings. The summed E-state index contributed by atoms with van der Waals surface area (Å²) in [6, 6.07) is 10.6. The van der Waals surface area contributed by atoms with Crippen molar-refractivity contribution in [3.63, 3.8) is 0 Å². The second-order valence-electron chi connectivity index (χ2n) is 6.43. The number of pyridine rings is 2. The summed E-state index contributed by atoms with van der Waals surface area (Å²) in [7, 11) is 2.98. The highest BCUT2D eigenvalue weighted by Crippen LogP contribution is 2.39. The van der Waals surface area contributed by atoms with E-state index in [0.29, 0.717) is 29.3 Å². The summed E-state index contributed by atoms with van der Waals surface area (Å²) in [4.78, 5) is 13.1. The number of hydrogen-bond donors (Lipinski definition) is 1. The summed E-state index contributed by atoms with van der Waals surface area (Å²) in [6.45, 7) is 0. The molecule has 0 saturated heterocycles. The Kier molecular flexibility index (Phi) is 4.95. The van der Waals surface area contributed by atoms with Crippen LogP contribution < -0.4 is 15.2 Å². The number of nitrogens with two attached hydrogens (primary N) is 1. The van der Waals surface area contributed by atoms with Crippen LogP contribution in [0.1, 0.15) is 23.1 Å². The van der Waals surface area contributed by atoms with Crippen molar-refractivity contribution in [2.45, 2.75) is 6.42 Å². The van der Waals surface area contributed by atoms with Crippen LogP contribution in [0.4, 0.5) is 10.2 Å². The average molecular weight is 390 g/mol. The topological polar surface area (TPSA) is 82.6 Å². The van der Waals surface area contributed by atoms with Crippen LogP contribution in [-0.4, -0.2) is 29.9 Å². The highest BCUT2D eigenvalue weighted by atomic mass is 19.1. The summed E-state index contributed by atoms with van der Waals surface area (Å²) < 4.78 is 25.3. The fraction of sp³-hybridized carbons (Fsp3) is 0.136. The second kappa shape index (κ2) is 7.71. The summed E-state index contributed by atoms with van der Waals surface area (Å²) in [5, 5.41) is 0. The minimum Gasteiger partial charge on any atom is -0.494 e. The van der Waals surface area contributed by atoms with Crippen molar-refractivity contribution in [1.29, 1.82) is 0 Å². The maximum atomic E-state index is 14.9. The van der Waals surface area contributed by atoms with E-state index in [1.165, 1.54) is 14.2 Å². The number of aromatic nitrogens is 2. The van der Waals surface area contributed by atoms with Gasteiger partial charge in [-0.2, -0.15) is 0 Å². The van der Waals surface area contributed by atoms with Crippen LogP contribution >= 0.6 is 0 Å². The van der Waals surface area contributed by atoms with Crippen molar-refractivity contribution in [2.75, 3.05) is 20.0 Å². The highest BCUT2D eigenvalue weighted by Gasteiger charge is 2.25. The molecular formula is C22H19FN4O2. The Balaban J connectivity index is 1.84. The Labute approximate surface area is 167 Å². The van der Waals surface area contributed by atoms with Gasteiger partial charge in [-0.15, -0.1) is 0 Å². The third-order valence-electron chi connectivity index (χ3n) is 4.77. The van der Waals surface area contributed by atoms with Gasteiger partial charge in [-0.25, -0.2) is 9.37 Å². The van der Waals surface area contributed by atoms with Crippen molar-refractivity contribution in [3.8, 4) is 11.5 Å². The van der Waals surface area contributed by atoms with Gasteiger partial charge in [0.25, 0.3) is 0 Å². The molecule has 1 aliphatic rings. The molecule has 1 aliphatic heterocycles. The van der Waals surface area contributed by atoms with Crippen molar-refractivity contribution in [2.24, 2.45) is 4.99 Å². The molecule has 0 atom stereocenters. The van der Waals surface area contributed by atoms with Gasteiger partial charge in [0, 0.05) is 41.7 Å². The van der Waals surface area contributed by atoms with Crippen LogP contribution in [0.5, 0.6) is 11.5 Å². The first-order chi connectivity index (χ1) is 14.1. The van der Waals surface area contributed by atoms with Crippen LogP contribution in [0, 0.1) is 5.82 Å². The van der Waals surface area contributed by atoms with Crippen LogP contribution in [0.25, 0.3) is 11.3 Å². The number of ether oxygens (including phenoxy) is 2. The van der Waals surface area contributed by atoms with E-state index in [1.807, 2.05) is 18.2 Å². The van der Waals surface area contributed by atoms with Gasteiger partial charge in [0.1, 0.15) is 0 Å². The second-order valence-corrected chi connectivity index (χ2v) is 6.43. The number of nitrogens with zero attached hydrogens (tertiary/aromatic N) is 3. The molecule has 0 bridgehead atoms. The van der Waals surface area contributed by atoms with Gasteiger partial charge in [-0.3, -0.25) is 9.98 Å². The standard InChI is InChI=1S/C22H19FN4O2/c1-28-18-5-3-4-15(20(18)23)17-11-16(14-10-19(29-2)22(24)26-12-14)21(27-17)13-6-8-25-9-7-13/h3-10,12H,11H2,1-2H3,(H2,24,26). The predicted molar refractivity (Wildman–Crippen MR) is 110 cm³/mol. The Morgan fingerprint density at radius 2 is 1.76 bits per heavy atom. The number of nitrogen functional groups attached to an aromatic ring is 1. The molecule has 3 aromatic rings. The van der Waals surface area contributed by atoms with Crippen LogP contribution in [-0.2, 0) is 0 Å². The number of benzene rings is 1. The zero-order valence-electron chi connectivity index (χ0n) is 16.0. The fourth-order valence-electron chi connectivity index (χ4n) is 3.31. The maximum Gasteiger partial charge on any atom is 0.174 e. The lowest BCUT2D eigenvalue weighted by molar-refractivity contribution is 0.386. The van der Waals surface area contributed by atoms with Gasteiger partial charge in [-0.1, -0.05) is 6.07 Å². The Hall–Kier alpha value is -3.74. The SMILES string of the molecule is COc1cc(C2=C(c3ccncc3)N=C(c3cccc(OC)c3F)C2)cnc1N. The largest absolute Gasteiger partial charge is 0.494 e. The summed E-state index contributed by atoms with van der Waals surface area (Å²) in [5.41, 5.74) is 10.2. The van der Waals surface area contributed by atoms with E-state index >= 15 is 0 Å². The van der Waals surface area contributed by atoms with Gasteiger partial charge < -0.3 is 15.2 Å². The average Bonchev–Trinajstić information content (AvgIpc) is 3.20. The minimum absolute atomic E-state index is 0.180. The van der Waals surface area contributed by atoms with Gasteiger partial charge in [0.15, 0.2) is 23.1 Å². The number of hydrogen-bond acceptors (Lipinski definition) is 6. The number of methoxy groups -OCH3 is 2. The van der Waals surface area contributed by atoms with E-state index in [9.17, 15) is 4.39 Å². The molecule has 29 heavy (non-hydrogen) atoms. The highest BCUT2D eigenvalue weighted by molar-refractivity contribution is 6.17. The molecule has 0 unspecified atom stereocenters. The molecule has 4 rings (SSSR count). The predicted octanol–water partition coefficient (Wildman–Crippen LogP) is 3.98.